The number of rotatable bonds is 3. The zero-order valence-electron chi connectivity index (χ0n) is 9.84. The van der Waals surface area contributed by atoms with Crippen LogP contribution in [0, 0.1) is 0 Å². The maximum Gasteiger partial charge on any atom is 0.374 e. The van der Waals surface area contributed by atoms with Crippen LogP contribution in [0.25, 0.3) is 11.3 Å². The molecule has 0 spiro atoms. The molecule has 1 heterocycles. The van der Waals surface area contributed by atoms with Gasteiger partial charge in [-0.1, -0.05) is 30.3 Å². The Hall–Kier alpha value is -2.43. The highest BCUT2D eigenvalue weighted by molar-refractivity contribution is 5.85. The average Bonchev–Trinajstić information content (AvgIpc) is 2.39. The molecule has 92 valence electrons. The molecule has 0 amide bonds. The molecular formula is C13H12N2O3. The molecule has 0 aliphatic carbocycles. The van der Waals surface area contributed by atoms with Crippen molar-refractivity contribution in [2.75, 3.05) is 6.61 Å². The molecule has 1 aromatic carbocycles. The first kappa shape index (κ1) is 12.0. The summed E-state index contributed by atoms with van der Waals surface area (Å²) in [7, 11) is 0. The van der Waals surface area contributed by atoms with Crippen LogP contribution in [0.15, 0.2) is 41.2 Å². The molecule has 0 bridgehead atoms. The van der Waals surface area contributed by atoms with Gasteiger partial charge in [0.05, 0.1) is 12.3 Å². The van der Waals surface area contributed by atoms with E-state index in [1.807, 2.05) is 30.3 Å². The first-order valence-electron chi connectivity index (χ1n) is 5.54. The summed E-state index contributed by atoms with van der Waals surface area (Å²) < 4.78 is 4.80. The van der Waals surface area contributed by atoms with Crippen molar-refractivity contribution >= 4 is 5.97 Å². The van der Waals surface area contributed by atoms with Crippen molar-refractivity contribution < 1.29 is 9.53 Å². The van der Waals surface area contributed by atoms with E-state index in [1.54, 1.807) is 6.92 Å². The minimum Gasteiger partial charge on any atom is -0.460 e. The van der Waals surface area contributed by atoms with Gasteiger partial charge < -0.3 is 9.72 Å². The van der Waals surface area contributed by atoms with Gasteiger partial charge in [0.25, 0.3) is 5.56 Å². The number of hydrogen-bond donors (Lipinski definition) is 1. The second-order valence-corrected chi connectivity index (χ2v) is 3.57. The van der Waals surface area contributed by atoms with Crippen LogP contribution in [0.5, 0.6) is 0 Å². The summed E-state index contributed by atoms with van der Waals surface area (Å²) in [5, 5.41) is 0. The smallest absolute Gasteiger partial charge is 0.374 e. The molecule has 0 saturated carbocycles. The molecule has 0 atom stereocenters. The Kier molecular flexibility index (Phi) is 3.52. The lowest BCUT2D eigenvalue weighted by molar-refractivity contribution is 0.0511. The standard InChI is InChI=1S/C13H12N2O3/c1-2-18-13(17)12-14-10(8-11(16)15-12)9-6-4-3-5-7-9/h3-8H,2H2,1H3,(H,14,15,16). The van der Waals surface area contributed by atoms with E-state index >= 15 is 0 Å². The fourth-order valence-electron chi connectivity index (χ4n) is 1.51. The predicted molar refractivity (Wildman–Crippen MR) is 66.3 cm³/mol. The van der Waals surface area contributed by atoms with E-state index in [-0.39, 0.29) is 18.0 Å². The van der Waals surface area contributed by atoms with Gasteiger partial charge in [-0.25, -0.2) is 9.78 Å². The van der Waals surface area contributed by atoms with Gasteiger partial charge in [0.15, 0.2) is 0 Å². The summed E-state index contributed by atoms with van der Waals surface area (Å²) in [6.45, 7) is 1.93. The minimum absolute atomic E-state index is 0.0804. The van der Waals surface area contributed by atoms with Crippen molar-refractivity contribution in [3.8, 4) is 11.3 Å². The molecule has 1 aromatic heterocycles. The zero-order chi connectivity index (χ0) is 13.0. The summed E-state index contributed by atoms with van der Waals surface area (Å²) in [5.41, 5.74) is 0.837. The fraction of sp³-hybridized carbons (Fsp3) is 0.154. The number of hydrogen-bond acceptors (Lipinski definition) is 4. The van der Waals surface area contributed by atoms with E-state index in [1.165, 1.54) is 6.07 Å². The van der Waals surface area contributed by atoms with Crippen molar-refractivity contribution in [1.29, 1.82) is 0 Å². The van der Waals surface area contributed by atoms with Crippen molar-refractivity contribution in [3.63, 3.8) is 0 Å². The molecule has 0 unspecified atom stereocenters. The number of carbonyl (C=O) groups excluding carboxylic acids is 1. The Morgan fingerprint density at radius 1 is 1.33 bits per heavy atom. The Bertz CT molecular complexity index is 605. The van der Waals surface area contributed by atoms with Gasteiger partial charge in [-0.3, -0.25) is 4.79 Å². The second kappa shape index (κ2) is 5.27. The predicted octanol–water partition coefficient (Wildman–Crippen LogP) is 1.61. The lowest BCUT2D eigenvalue weighted by atomic mass is 10.1. The van der Waals surface area contributed by atoms with Crippen LogP contribution in [0.2, 0.25) is 0 Å². The van der Waals surface area contributed by atoms with Gasteiger partial charge in [0.1, 0.15) is 0 Å². The molecule has 5 heteroatoms. The van der Waals surface area contributed by atoms with Gasteiger partial charge in [-0.2, -0.15) is 0 Å². The first-order chi connectivity index (χ1) is 8.70. The third-order valence-corrected chi connectivity index (χ3v) is 2.28. The van der Waals surface area contributed by atoms with Crippen LogP contribution in [-0.2, 0) is 4.74 Å². The monoisotopic (exact) mass is 244 g/mol. The Labute approximate surface area is 103 Å². The van der Waals surface area contributed by atoms with Crippen LogP contribution in [-0.4, -0.2) is 22.5 Å². The van der Waals surface area contributed by atoms with E-state index < -0.39 is 5.97 Å². The number of H-pyrrole nitrogens is 1. The largest absolute Gasteiger partial charge is 0.460 e. The van der Waals surface area contributed by atoms with Gasteiger partial charge in [-0.05, 0) is 6.92 Å². The molecular weight excluding hydrogens is 232 g/mol. The van der Waals surface area contributed by atoms with Crippen LogP contribution in [0.1, 0.15) is 17.5 Å². The number of aromatic amines is 1. The number of carbonyl (C=O) groups is 1. The van der Waals surface area contributed by atoms with Crippen molar-refractivity contribution in [2.24, 2.45) is 0 Å². The van der Waals surface area contributed by atoms with Crippen LogP contribution in [0.3, 0.4) is 0 Å². The van der Waals surface area contributed by atoms with E-state index in [0.717, 1.165) is 5.56 Å². The Balaban J connectivity index is 2.45. The van der Waals surface area contributed by atoms with Crippen molar-refractivity contribution in [3.05, 3.63) is 52.6 Å². The maximum absolute atomic E-state index is 11.5. The van der Waals surface area contributed by atoms with E-state index in [0.29, 0.717) is 5.69 Å². The lowest BCUT2D eigenvalue weighted by Gasteiger charge is -2.03. The van der Waals surface area contributed by atoms with Crippen molar-refractivity contribution in [2.45, 2.75) is 6.92 Å². The first-order valence-corrected chi connectivity index (χ1v) is 5.54. The lowest BCUT2D eigenvalue weighted by Crippen LogP contribution is -2.17. The summed E-state index contributed by atoms with van der Waals surface area (Å²) in [4.78, 5) is 29.5. The Morgan fingerprint density at radius 3 is 2.72 bits per heavy atom. The SMILES string of the molecule is CCOC(=O)c1nc(-c2ccccc2)cc(=O)[nH]1. The molecule has 5 nitrogen and oxygen atoms in total. The number of aromatic nitrogens is 2. The zero-order valence-corrected chi connectivity index (χ0v) is 9.84. The number of ether oxygens (including phenoxy) is 1. The summed E-state index contributed by atoms with van der Waals surface area (Å²) in [6.07, 6.45) is 0. The summed E-state index contributed by atoms with van der Waals surface area (Å²) >= 11 is 0. The van der Waals surface area contributed by atoms with E-state index in [9.17, 15) is 9.59 Å². The molecule has 0 aliphatic rings. The maximum atomic E-state index is 11.5. The summed E-state index contributed by atoms with van der Waals surface area (Å²) in [6, 6.07) is 10.5. The van der Waals surface area contributed by atoms with Crippen LogP contribution in [0.4, 0.5) is 0 Å². The van der Waals surface area contributed by atoms with Crippen molar-refractivity contribution in [1.82, 2.24) is 9.97 Å². The number of esters is 1. The second-order valence-electron chi connectivity index (χ2n) is 3.57. The molecule has 18 heavy (non-hydrogen) atoms. The van der Waals surface area contributed by atoms with Gasteiger partial charge >= 0.3 is 5.97 Å². The molecule has 0 saturated heterocycles. The number of nitrogens with zero attached hydrogens (tertiary/aromatic N) is 1. The molecule has 2 aromatic rings. The highest BCUT2D eigenvalue weighted by Crippen LogP contribution is 2.14. The molecule has 2 rings (SSSR count). The minimum atomic E-state index is -0.632. The third kappa shape index (κ3) is 2.63. The van der Waals surface area contributed by atoms with Crippen LogP contribution < -0.4 is 5.56 Å². The Morgan fingerprint density at radius 2 is 2.06 bits per heavy atom. The third-order valence-electron chi connectivity index (χ3n) is 2.28. The quantitative estimate of drug-likeness (QED) is 0.832. The van der Waals surface area contributed by atoms with Gasteiger partial charge in [0.2, 0.25) is 5.82 Å². The normalized spacial score (nSPS) is 10.1. The molecule has 0 aliphatic heterocycles. The highest BCUT2D eigenvalue weighted by atomic mass is 16.5. The fourth-order valence-corrected chi connectivity index (χ4v) is 1.51. The van der Waals surface area contributed by atoms with Gasteiger partial charge in [-0.15, -0.1) is 0 Å². The number of benzene rings is 1. The number of nitrogens with one attached hydrogen (secondary N) is 1. The molecule has 0 radical (unpaired) electrons. The van der Waals surface area contributed by atoms with E-state index in [2.05, 4.69) is 9.97 Å². The average molecular weight is 244 g/mol. The molecule has 0 fully saturated rings. The van der Waals surface area contributed by atoms with Gasteiger partial charge in [0, 0.05) is 11.6 Å². The van der Waals surface area contributed by atoms with Crippen LogP contribution >= 0.6 is 0 Å². The topological polar surface area (TPSA) is 72.0 Å². The highest BCUT2D eigenvalue weighted by Gasteiger charge is 2.11. The molecule has 1 N–H and O–H groups in total. The van der Waals surface area contributed by atoms with E-state index in [4.69, 9.17) is 4.74 Å². The summed E-state index contributed by atoms with van der Waals surface area (Å²) in [5.74, 6) is -0.712.